The van der Waals surface area contributed by atoms with Crippen LogP contribution in [0.1, 0.15) is 28.8 Å². The fourth-order valence-electron chi connectivity index (χ4n) is 1.85. The summed E-state index contributed by atoms with van der Waals surface area (Å²) in [6.45, 7) is 2.25. The van der Waals surface area contributed by atoms with Crippen molar-refractivity contribution in [2.24, 2.45) is 0 Å². The molecule has 82 valence electrons. The summed E-state index contributed by atoms with van der Waals surface area (Å²) in [4.78, 5) is 0.371. The third-order valence-electron chi connectivity index (χ3n) is 2.88. The summed E-state index contributed by atoms with van der Waals surface area (Å²) in [6.07, 6.45) is 0. The Morgan fingerprint density at radius 3 is 1.69 bits per heavy atom. The molecule has 2 aromatic carbocycles. The Bertz CT molecular complexity index is 378. The quantitative estimate of drug-likeness (QED) is 0.697. The predicted octanol–water partition coefficient (Wildman–Crippen LogP) is 4.93. The Labute approximate surface area is 105 Å². The molecule has 0 aromatic heterocycles. The van der Waals surface area contributed by atoms with Crippen LogP contribution in [0.4, 0.5) is 0 Å². The molecule has 0 saturated carbocycles. The molecule has 0 aliphatic carbocycles. The van der Waals surface area contributed by atoms with Gasteiger partial charge in [-0.25, -0.2) is 0 Å². The summed E-state index contributed by atoms with van der Waals surface area (Å²) in [5.41, 5.74) is 2.70. The van der Waals surface area contributed by atoms with Crippen LogP contribution in [0, 0.1) is 0 Å². The zero-order valence-corrected chi connectivity index (χ0v) is 10.9. The van der Waals surface area contributed by atoms with E-state index in [0.29, 0.717) is 10.7 Å². The first kappa shape index (κ1) is 11.4. The van der Waals surface area contributed by atoms with Crippen molar-refractivity contribution in [1.29, 1.82) is 0 Å². The SMILES string of the molecule is C[C@@H](c1ccccc1)C(Br)c1ccccc1. The highest BCUT2D eigenvalue weighted by atomic mass is 79.9. The van der Waals surface area contributed by atoms with Crippen LogP contribution < -0.4 is 0 Å². The molecular weight excluding hydrogens is 260 g/mol. The average molecular weight is 275 g/mol. The van der Waals surface area contributed by atoms with Crippen LogP contribution in [0.15, 0.2) is 60.7 Å². The van der Waals surface area contributed by atoms with Gasteiger partial charge in [0.2, 0.25) is 0 Å². The minimum absolute atomic E-state index is 0.371. The fourth-order valence-corrected chi connectivity index (χ4v) is 2.46. The van der Waals surface area contributed by atoms with Crippen molar-refractivity contribution < 1.29 is 0 Å². The van der Waals surface area contributed by atoms with Crippen molar-refractivity contribution in [3.63, 3.8) is 0 Å². The van der Waals surface area contributed by atoms with E-state index in [1.807, 2.05) is 0 Å². The fraction of sp³-hybridized carbons (Fsp3) is 0.200. The average Bonchev–Trinajstić information content (AvgIpc) is 2.39. The molecule has 0 bridgehead atoms. The predicted molar refractivity (Wildman–Crippen MR) is 73.0 cm³/mol. The maximum Gasteiger partial charge on any atom is 0.0461 e. The molecule has 2 atom stereocenters. The smallest absolute Gasteiger partial charge is 0.0461 e. The number of alkyl halides is 1. The third-order valence-corrected chi connectivity index (χ3v) is 4.20. The number of hydrogen-bond donors (Lipinski definition) is 0. The largest absolute Gasteiger partial charge is 0.0832 e. The van der Waals surface area contributed by atoms with Gasteiger partial charge in [0.05, 0.1) is 0 Å². The lowest BCUT2D eigenvalue weighted by atomic mass is 9.94. The Hall–Kier alpha value is -1.08. The number of benzene rings is 2. The molecule has 0 aliphatic heterocycles. The summed E-state index contributed by atoms with van der Waals surface area (Å²) in [5.74, 6) is 0.476. The molecule has 2 aromatic rings. The second kappa shape index (κ2) is 5.31. The topological polar surface area (TPSA) is 0 Å². The van der Waals surface area contributed by atoms with E-state index < -0.39 is 0 Å². The molecule has 1 heteroatoms. The summed E-state index contributed by atoms with van der Waals surface area (Å²) < 4.78 is 0. The van der Waals surface area contributed by atoms with Crippen LogP contribution in [0.5, 0.6) is 0 Å². The van der Waals surface area contributed by atoms with Crippen molar-refractivity contribution in [2.75, 3.05) is 0 Å². The highest BCUT2D eigenvalue weighted by molar-refractivity contribution is 9.09. The molecule has 0 aliphatic rings. The number of halogens is 1. The maximum absolute atomic E-state index is 3.79. The highest BCUT2D eigenvalue weighted by Crippen LogP contribution is 2.37. The summed E-state index contributed by atoms with van der Waals surface area (Å²) >= 11 is 3.79. The van der Waals surface area contributed by atoms with Gasteiger partial charge in [-0.05, 0) is 17.0 Å². The minimum atomic E-state index is 0.371. The molecule has 2 rings (SSSR count). The van der Waals surface area contributed by atoms with Gasteiger partial charge in [-0.15, -0.1) is 0 Å². The normalized spacial score (nSPS) is 14.4. The number of rotatable bonds is 3. The van der Waals surface area contributed by atoms with Gasteiger partial charge in [0.15, 0.2) is 0 Å². The second-order valence-corrected chi connectivity index (χ2v) is 5.00. The van der Waals surface area contributed by atoms with Crippen molar-refractivity contribution in [3.8, 4) is 0 Å². The van der Waals surface area contributed by atoms with Gasteiger partial charge in [0.1, 0.15) is 0 Å². The standard InChI is InChI=1S/C15H15Br/c1-12(13-8-4-2-5-9-13)15(16)14-10-6-3-7-11-14/h2-12,15H,1H3/t12-,15?/m0/s1. The van der Waals surface area contributed by atoms with Gasteiger partial charge in [-0.1, -0.05) is 83.5 Å². The van der Waals surface area contributed by atoms with Crippen LogP contribution in [0.3, 0.4) is 0 Å². The molecular formula is C15H15Br. The monoisotopic (exact) mass is 274 g/mol. The van der Waals surface area contributed by atoms with Gasteiger partial charge >= 0.3 is 0 Å². The molecule has 0 nitrogen and oxygen atoms in total. The lowest BCUT2D eigenvalue weighted by Crippen LogP contribution is -2.01. The molecule has 0 spiro atoms. The van der Waals surface area contributed by atoms with Crippen molar-refractivity contribution in [1.82, 2.24) is 0 Å². The zero-order chi connectivity index (χ0) is 11.4. The Morgan fingerprint density at radius 2 is 1.19 bits per heavy atom. The van der Waals surface area contributed by atoms with E-state index in [1.165, 1.54) is 11.1 Å². The van der Waals surface area contributed by atoms with E-state index in [1.54, 1.807) is 0 Å². The first-order valence-electron chi connectivity index (χ1n) is 5.53. The molecule has 1 unspecified atom stereocenters. The second-order valence-electron chi connectivity index (χ2n) is 4.01. The van der Waals surface area contributed by atoms with E-state index in [2.05, 4.69) is 83.5 Å². The van der Waals surface area contributed by atoms with Crippen molar-refractivity contribution >= 4 is 15.9 Å². The zero-order valence-electron chi connectivity index (χ0n) is 9.31. The molecule has 0 N–H and O–H groups in total. The lowest BCUT2D eigenvalue weighted by molar-refractivity contribution is 0.752. The first-order valence-corrected chi connectivity index (χ1v) is 6.44. The summed E-state index contributed by atoms with van der Waals surface area (Å²) in [6, 6.07) is 21.2. The molecule has 0 amide bonds. The summed E-state index contributed by atoms with van der Waals surface area (Å²) in [7, 11) is 0. The van der Waals surface area contributed by atoms with Gasteiger partial charge in [-0.2, -0.15) is 0 Å². The van der Waals surface area contributed by atoms with Crippen molar-refractivity contribution in [3.05, 3.63) is 71.8 Å². The van der Waals surface area contributed by atoms with Crippen LogP contribution in [-0.4, -0.2) is 0 Å². The Kier molecular flexibility index (Phi) is 3.79. The summed E-state index contributed by atoms with van der Waals surface area (Å²) in [5, 5.41) is 0. The van der Waals surface area contributed by atoms with Crippen LogP contribution in [0.2, 0.25) is 0 Å². The van der Waals surface area contributed by atoms with E-state index in [4.69, 9.17) is 0 Å². The van der Waals surface area contributed by atoms with Gasteiger partial charge in [0.25, 0.3) is 0 Å². The molecule has 16 heavy (non-hydrogen) atoms. The number of hydrogen-bond acceptors (Lipinski definition) is 0. The Morgan fingerprint density at radius 1 is 0.750 bits per heavy atom. The minimum Gasteiger partial charge on any atom is -0.0832 e. The molecule has 0 heterocycles. The van der Waals surface area contributed by atoms with Gasteiger partial charge in [0, 0.05) is 4.83 Å². The molecule has 0 radical (unpaired) electrons. The van der Waals surface area contributed by atoms with E-state index >= 15 is 0 Å². The molecule has 0 saturated heterocycles. The van der Waals surface area contributed by atoms with Crippen LogP contribution in [-0.2, 0) is 0 Å². The molecule has 0 fully saturated rings. The van der Waals surface area contributed by atoms with E-state index in [9.17, 15) is 0 Å². The van der Waals surface area contributed by atoms with E-state index in [0.717, 1.165) is 0 Å². The highest BCUT2D eigenvalue weighted by Gasteiger charge is 2.16. The van der Waals surface area contributed by atoms with Crippen LogP contribution >= 0.6 is 15.9 Å². The van der Waals surface area contributed by atoms with Crippen LogP contribution in [0.25, 0.3) is 0 Å². The maximum atomic E-state index is 3.79. The van der Waals surface area contributed by atoms with Crippen molar-refractivity contribution in [2.45, 2.75) is 17.7 Å². The lowest BCUT2D eigenvalue weighted by Gasteiger charge is -2.19. The first-order chi connectivity index (χ1) is 7.79. The Balaban J connectivity index is 2.20. The van der Waals surface area contributed by atoms with E-state index in [-0.39, 0.29) is 0 Å². The van der Waals surface area contributed by atoms with Gasteiger partial charge in [-0.3, -0.25) is 0 Å². The third kappa shape index (κ3) is 2.53. The van der Waals surface area contributed by atoms with Gasteiger partial charge < -0.3 is 0 Å².